The highest BCUT2D eigenvalue weighted by Gasteiger charge is 2.33. The van der Waals surface area contributed by atoms with Crippen molar-refractivity contribution in [3.05, 3.63) is 66.6 Å². The van der Waals surface area contributed by atoms with Crippen molar-refractivity contribution in [1.29, 1.82) is 0 Å². The fourth-order valence-electron chi connectivity index (χ4n) is 4.48. The van der Waals surface area contributed by atoms with E-state index in [1.165, 1.54) is 10.8 Å². The molecule has 1 aromatic heterocycles. The van der Waals surface area contributed by atoms with E-state index in [0.717, 1.165) is 28.6 Å². The second kappa shape index (κ2) is 9.48. The second-order valence-electron chi connectivity index (χ2n) is 8.27. The average Bonchev–Trinajstić information content (AvgIpc) is 3.30. The van der Waals surface area contributed by atoms with Gasteiger partial charge >= 0.3 is 0 Å². The van der Waals surface area contributed by atoms with E-state index in [9.17, 15) is 9.90 Å². The van der Waals surface area contributed by atoms with Crippen LogP contribution in [-0.2, 0) is 6.42 Å². The van der Waals surface area contributed by atoms with Crippen molar-refractivity contribution < 1.29 is 19.3 Å². The summed E-state index contributed by atoms with van der Waals surface area (Å²) in [6.45, 7) is 1.33. The lowest BCUT2D eigenvalue weighted by Gasteiger charge is -2.35. The third-order valence-electron chi connectivity index (χ3n) is 6.25. The summed E-state index contributed by atoms with van der Waals surface area (Å²) in [6, 6.07) is 9.10. The number of aliphatic imine (C=N–C) groups is 1. The predicted octanol–water partition coefficient (Wildman–Crippen LogP) is 3.75. The van der Waals surface area contributed by atoms with Gasteiger partial charge in [0.25, 0.3) is 5.56 Å². The number of fused-ring (bicyclic) bond motifs is 2. The minimum absolute atomic E-state index is 0.0258. The summed E-state index contributed by atoms with van der Waals surface area (Å²) in [6.07, 6.45) is 2.23. The molecule has 182 valence electrons. The summed E-state index contributed by atoms with van der Waals surface area (Å²) in [5, 5.41) is 10.9. The van der Waals surface area contributed by atoms with Gasteiger partial charge in [-0.3, -0.25) is 24.2 Å². The van der Waals surface area contributed by atoms with Crippen LogP contribution < -0.4 is 19.8 Å². The third-order valence-corrected chi connectivity index (χ3v) is 7.06. The van der Waals surface area contributed by atoms with Gasteiger partial charge in [0.1, 0.15) is 5.56 Å². The molecule has 2 aliphatic rings. The molecule has 1 atom stereocenters. The molecule has 0 bridgehead atoms. The Morgan fingerprint density at radius 3 is 2.86 bits per heavy atom. The molecular weight excluding hydrogens is 536 g/mol. The largest absolute Gasteiger partial charge is 0.494 e. The van der Waals surface area contributed by atoms with Gasteiger partial charge in [-0.2, -0.15) is 0 Å². The number of hydrogen-bond donors (Lipinski definition) is 2. The number of aromatic nitrogens is 2. The summed E-state index contributed by atoms with van der Waals surface area (Å²) in [7, 11) is 3.63. The van der Waals surface area contributed by atoms with Crippen molar-refractivity contribution in [3.8, 4) is 28.8 Å². The van der Waals surface area contributed by atoms with Crippen LogP contribution in [0.15, 0.2) is 44.6 Å². The van der Waals surface area contributed by atoms with E-state index < -0.39 is 5.56 Å². The molecule has 9 nitrogen and oxygen atoms in total. The topological polar surface area (TPSA) is 101 Å². The van der Waals surface area contributed by atoms with Gasteiger partial charge in [-0.05, 0) is 61.6 Å². The van der Waals surface area contributed by atoms with Crippen LogP contribution in [-0.4, -0.2) is 59.8 Å². The molecule has 0 aliphatic carbocycles. The zero-order chi connectivity index (χ0) is 24.7. The standard InChI is InChI=1S/C24H23BrN4O5S/c1-28-8-7-13-9-18-20(34-12-33-18)21(32-2)19(13)17(28)11-26-10-16-22(30)27-24(35)29(23(16)31)15-5-3-14(25)4-6-15/h3-6,9-10,17,31H,7-8,11-12H2,1-2H3,(H,27,30,35). The Balaban J connectivity index is 1.50. The van der Waals surface area contributed by atoms with Crippen molar-refractivity contribution in [1.82, 2.24) is 14.5 Å². The van der Waals surface area contributed by atoms with Gasteiger partial charge in [-0.15, -0.1) is 0 Å². The van der Waals surface area contributed by atoms with Gasteiger partial charge in [0, 0.05) is 22.8 Å². The molecule has 2 aliphatic heterocycles. The maximum atomic E-state index is 12.6. The fraction of sp³-hybridized carbons (Fsp3) is 0.292. The quantitative estimate of drug-likeness (QED) is 0.363. The fourth-order valence-corrected chi connectivity index (χ4v) is 5.03. The Kier molecular flexibility index (Phi) is 6.39. The van der Waals surface area contributed by atoms with E-state index in [2.05, 4.69) is 30.8 Å². The lowest BCUT2D eigenvalue weighted by Crippen LogP contribution is -2.34. The highest BCUT2D eigenvalue weighted by molar-refractivity contribution is 9.10. The summed E-state index contributed by atoms with van der Waals surface area (Å²) >= 11 is 8.68. The first-order valence-electron chi connectivity index (χ1n) is 10.9. The molecule has 3 heterocycles. The Hall–Kier alpha value is -3.15. The zero-order valence-corrected chi connectivity index (χ0v) is 21.5. The molecule has 2 aromatic carbocycles. The van der Waals surface area contributed by atoms with Crippen LogP contribution in [0.5, 0.6) is 23.1 Å². The van der Waals surface area contributed by atoms with E-state index in [4.69, 9.17) is 26.4 Å². The molecule has 1 unspecified atom stereocenters. The van der Waals surface area contributed by atoms with Crippen LogP contribution in [0.4, 0.5) is 0 Å². The molecule has 0 spiro atoms. The molecule has 0 saturated heterocycles. The summed E-state index contributed by atoms with van der Waals surface area (Å²) in [5.74, 6) is 1.65. The Morgan fingerprint density at radius 1 is 1.34 bits per heavy atom. The number of nitrogens with zero attached hydrogens (tertiary/aromatic N) is 3. The zero-order valence-electron chi connectivity index (χ0n) is 19.1. The molecule has 0 amide bonds. The van der Waals surface area contributed by atoms with Gasteiger partial charge < -0.3 is 19.3 Å². The molecule has 11 heteroatoms. The van der Waals surface area contributed by atoms with E-state index >= 15 is 0 Å². The number of halogens is 1. The van der Waals surface area contributed by atoms with E-state index in [1.54, 1.807) is 19.2 Å². The van der Waals surface area contributed by atoms with E-state index in [0.29, 0.717) is 29.5 Å². The predicted molar refractivity (Wildman–Crippen MR) is 137 cm³/mol. The minimum atomic E-state index is -0.511. The molecule has 0 radical (unpaired) electrons. The molecule has 0 saturated carbocycles. The number of benzene rings is 2. The van der Waals surface area contributed by atoms with Crippen molar-refractivity contribution in [3.63, 3.8) is 0 Å². The van der Waals surface area contributed by atoms with E-state index in [-0.39, 0.29) is 29.0 Å². The maximum absolute atomic E-state index is 12.6. The lowest BCUT2D eigenvalue weighted by atomic mass is 9.91. The monoisotopic (exact) mass is 558 g/mol. The SMILES string of the molecule is COc1c2c(cc3c1C(CN=Cc1c(O)n(-c4ccc(Br)cc4)c(=S)[nH]c1=O)N(C)CC3)OCO2. The van der Waals surface area contributed by atoms with Crippen molar-refractivity contribution in [2.75, 3.05) is 34.0 Å². The molecule has 0 fully saturated rings. The van der Waals surface area contributed by atoms with Gasteiger partial charge in [0.2, 0.25) is 18.4 Å². The van der Waals surface area contributed by atoms with Crippen LogP contribution in [0.25, 0.3) is 5.69 Å². The van der Waals surface area contributed by atoms with Gasteiger partial charge in [0.05, 0.1) is 25.4 Å². The molecule has 2 N–H and O–H groups in total. The Bertz CT molecular complexity index is 1430. The smallest absolute Gasteiger partial charge is 0.264 e. The van der Waals surface area contributed by atoms with Crippen LogP contribution in [0.1, 0.15) is 22.7 Å². The van der Waals surface area contributed by atoms with Crippen molar-refractivity contribution in [2.45, 2.75) is 12.5 Å². The average molecular weight is 559 g/mol. The summed E-state index contributed by atoms with van der Waals surface area (Å²) < 4.78 is 19.3. The number of nitrogens with one attached hydrogen (secondary N) is 1. The number of rotatable bonds is 5. The normalized spacial score (nSPS) is 17.1. The van der Waals surface area contributed by atoms with Crippen LogP contribution in [0.2, 0.25) is 0 Å². The number of hydrogen-bond acceptors (Lipinski definition) is 8. The van der Waals surface area contributed by atoms with Crippen LogP contribution in [0.3, 0.4) is 0 Å². The first kappa shape index (κ1) is 23.6. The van der Waals surface area contributed by atoms with Crippen LogP contribution >= 0.6 is 28.1 Å². The first-order valence-corrected chi connectivity index (χ1v) is 12.1. The second-order valence-corrected chi connectivity index (χ2v) is 9.57. The first-order chi connectivity index (χ1) is 16.9. The molecule has 5 rings (SSSR count). The van der Waals surface area contributed by atoms with Gasteiger partial charge in [-0.1, -0.05) is 15.9 Å². The number of aromatic amines is 1. The molecular formula is C24H23BrN4O5S. The number of aromatic hydroxyl groups is 1. The molecule has 35 heavy (non-hydrogen) atoms. The number of likely N-dealkylation sites (N-methyl/N-ethyl adjacent to an activating group) is 1. The summed E-state index contributed by atoms with van der Waals surface area (Å²) in [4.78, 5) is 22.0. The summed E-state index contributed by atoms with van der Waals surface area (Å²) in [5.41, 5.74) is 2.24. The van der Waals surface area contributed by atoms with Crippen LogP contribution in [0, 0.1) is 4.77 Å². The van der Waals surface area contributed by atoms with E-state index in [1.807, 2.05) is 25.2 Å². The highest BCUT2D eigenvalue weighted by atomic mass is 79.9. The van der Waals surface area contributed by atoms with Crippen molar-refractivity contribution in [2.24, 2.45) is 4.99 Å². The molecule has 3 aromatic rings. The number of ether oxygens (including phenoxy) is 3. The Morgan fingerprint density at radius 2 is 2.11 bits per heavy atom. The van der Waals surface area contributed by atoms with Gasteiger partial charge in [-0.25, -0.2) is 0 Å². The van der Waals surface area contributed by atoms with Crippen molar-refractivity contribution >= 4 is 34.4 Å². The minimum Gasteiger partial charge on any atom is -0.494 e. The van der Waals surface area contributed by atoms with Gasteiger partial charge in [0.15, 0.2) is 16.3 Å². The maximum Gasteiger partial charge on any atom is 0.264 e. The number of H-pyrrole nitrogens is 1. The highest BCUT2D eigenvalue weighted by Crippen LogP contribution is 2.49. The third kappa shape index (κ3) is 4.24. The number of methoxy groups -OCH3 is 1. The Labute approximate surface area is 214 Å². The lowest BCUT2D eigenvalue weighted by molar-refractivity contribution is 0.170.